The van der Waals surface area contributed by atoms with Crippen molar-refractivity contribution in [3.63, 3.8) is 0 Å². The van der Waals surface area contributed by atoms with Crippen molar-refractivity contribution < 1.29 is 14.5 Å². The van der Waals surface area contributed by atoms with E-state index in [1.54, 1.807) is 24.0 Å². The van der Waals surface area contributed by atoms with Crippen LogP contribution in [0.4, 0.5) is 5.69 Å². The number of nitrogens with zero attached hydrogens (tertiary/aromatic N) is 2. The lowest BCUT2D eigenvalue weighted by Gasteiger charge is -2.41. The van der Waals surface area contributed by atoms with E-state index in [0.29, 0.717) is 18.7 Å². The van der Waals surface area contributed by atoms with Crippen LogP contribution in [0.15, 0.2) is 18.2 Å². The number of aryl methyl sites for hydroxylation is 1. The summed E-state index contributed by atoms with van der Waals surface area (Å²) in [4.78, 5) is 25.1. The van der Waals surface area contributed by atoms with Gasteiger partial charge in [-0.1, -0.05) is 12.1 Å². The molecule has 1 heterocycles. The molecule has 0 radical (unpaired) electrons. The molecule has 21 heavy (non-hydrogen) atoms. The maximum atomic E-state index is 12.7. The van der Waals surface area contributed by atoms with Crippen LogP contribution in [0.3, 0.4) is 0 Å². The first-order valence-electron chi connectivity index (χ1n) is 6.92. The second kappa shape index (κ2) is 5.44. The molecule has 1 aromatic rings. The van der Waals surface area contributed by atoms with Gasteiger partial charge in [0.1, 0.15) is 5.56 Å². The fourth-order valence-corrected chi connectivity index (χ4v) is 2.85. The van der Waals surface area contributed by atoms with E-state index in [2.05, 4.69) is 0 Å². The first-order chi connectivity index (χ1) is 9.71. The average molecular weight is 292 g/mol. The SMILES string of the molecule is Cc1cccc(C(=O)N2CC(C)OC(C)(C)C2)c1[N+](=O)[O-]. The third-order valence-electron chi connectivity index (χ3n) is 3.51. The lowest BCUT2D eigenvalue weighted by Crippen LogP contribution is -2.53. The number of hydrogen-bond acceptors (Lipinski definition) is 4. The summed E-state index contributed by atoms with van der Waals surface area (Å²) in [5, 5.41) is 11.2. The summed E-state index contributed by atoms with van der Waals surface area (Å²) in [5.74, 6) is -0.311. The molecule has 2 rings (SSSR count). The van der Waals surface area contributed by atoms with E-state index in [9.17, 15) is 14.9 Å². The molecule has 0 spiro atoms. The Balaban J connectivity index is 2.37. The summed E-state index contributed by atoms with van der Waals surface area (Å²) in [7, 11) is 0. The summed E-state index contributed by atoms with van der Waals surface area (Å²) >= 11 is 0. The number of ether oxygens (including phenoxy) is 1. The summed E-state index contributed by atoms with van der Waals surface area (Å²) in [6, 6.07) is 4.83. The maximum Gasteiger partial charge on any atom is 0.285 e. The molecule has 0 aromatic heterocycles. The summed E-state index contributed by atoms with van der Waals surface area (Å²) in [5.41, 5.74) is 0.0714. The van der Waals surface area contributed by atoms with Crippen LogP contribution in [-0.2, 0) is 4.74 Å². The Morgan fingerprint density at radius 3 is 2.71 bits per heavy atom. The van der Waals surface area contributed by atoms with E-state index in [4.69, 9.17) is 4.74 Å². The molecule has 6 nitrogen and oxygen atoms in total. The number of carbonyl (C=O) groups is 1. The van der Waals surface area contributed by atoms with E-state index in [1.807, 2.05) is 20.8 Å². The third-order valence-corrected chi connectivity index (χ3v) is 3.51. The monoisotopic (exact) mass is 292 g/mol. The molecule has 0 aliphatic carbocycles. The number of carbonyl (C=O) groups excluding carboxylic acids is 1. The molecule has 1 amide bonds. The molecule has 1 saturated heterocycles. The highest BCUT2D eigenvalue weighted by atomic mass is 16.6. The van der Waals surface area contributed by atoms with Gasteiger partial charge >= 0.3 is 0 Å². The van der Waals surface area contributed by atoms with Crippen molar-refractivity contribution in [2.24, 2.45) is 0 Å². The molecule has 0 N–H and O–H groups in total. The minimum absolute atomic E-state index is 0.0958. The van der Waals surface area contributed by atoms with Gasteiger partial charge in [0.05, 0.1) is 16.6 Å². The van der Waals surface area contributed by atoms with Crippen LogP contribution < -0.4 is 0 Å². The minimum Gasteiger partial charge on any atom is -0.369 e. The standard InChI is InChI=1S/C15H20N2O4/c1-10-6-5-7-12(13(10)17(19)20)14(18)16-8-11(2)21-15(3,4)9-16/h5-7,11H,8-9H2,1-4H3. The van der Waals surface area contributed by atoms with Gasteiger partial charge in [0.15, 0.2) is 0 Å². The number of para-hydroxylation sites is 1. The van der Waals surface area contributed by atoms with Crippen LogP contribution in [0.1, 0.15) is 36.7 Å². The van der Waals surface area contributed by atoms with Crippen LogP contribution in [0.25, 0.3) is 0 Å². The zero-order valence-corrected chi connectivity index (χ0v) is 12.8. The number of nitro benzene ring substituents is 1. The van der Waals surface area contributed by atoms with E-state index in [1.165, 1.54) is 6.07 Å². The molecule has 114 valence electrons. The second-order valence-corrected chi connectivity index (χ2v) is 6.10. The molecule has 1 aliphatic rings. The summed E-state index contributed by atoms with van der Waals surface area (Å²) in [6.45, 7) is 8.21. The van der Waals surface area contributed by atoms with Gasteiger partial charge in [-0.15, -0.1) is 0 Å². The molecule has 0 bridgehead atoms. The zero-order valence-electron chi connectivity index (χ0n) is 12.8. The van der Waals surface area contributed by atoms with Gasteiger partial charge in [-0.25, -0.2) is 0 Å². The summed E-state index contributed by atoms with van der Waals surface area (Å²) < 4.78 is 5.76. The van der Waals surface area contributed by atoms with Crippen LogP contribution in [0.2, 0.25) is 0 Å². The van der Waals surface area contributed by atoms with Gasteiger partial charge in [0.25, 0.3) is 11.6 Å². The van der Waals surface area contributed by atoms with Gasteiger partial charge in [-0.3, -0.25) is 14.9 Å². The lowest BCUT2D eigenvalue weighted by atomic mass is 10.0. The number of benzene rings is 1. The number of amides is 1. The van der Waals surface area contributed by atoms with E-state index in [-0.39, 0.29) is 23.3 Å². The van der Waals surface area contributed by atoms with Crippen molar-refractivity contribution in [2.45, 2.75) is 39.4 Å². The fraction of sp³-hybridized carbons (Fsp3) is 0.533. The van der Waals surface area contributed by atoms with Crippen LogP contribution in [-0.4, -0.2) is 40.5 Å². The Kier molecular flexibility index (Phi) is 4.00. The smallest absolute Gasteiger partial charge is 0.285 e. The molecule has 6 heteroatoms. The predicted molar refractivity (Wildman–Crippen MR) is 78.4 cm³/mol. The van der Waals surface area contributed by atoms with E-state index in [0.717, 1.165) is 0 Å². The van der Waals surface area contributed by atoms with Crippen molar-refractivity contribution in [3.05, 3.63) is 39.4 Å². The number of rotatable bonds is 2. The molecule has 0 saturated carbocycles. The third kappa shape index (κ3) is 3.21. The van der Waals surface area contributed by atoms with Crippen LogP contribution >= 0.6 is 0 Å². The average Bonchev–Trinajstić information content (AvgIpc) is 2.34. The highest BCUT2D eigenvalue weighted by molar-refractivity contribution is 5.98. The Hall–Kier alpha value is -1.95. The zero-order chi connectivity index (χ0) is 15.8. The maximum absolute atomic E-state index is 12.7. The lowest BCUT2D eigenvalue weighted by molar-refractivity contribution is -0.385. The summed E-state index contributed by atoms with van der Waals surface area (Å²) in [6.07, 6.45) is -0.0958. The Labute approximate surface area is 123 Å². The minimum atomic E-state index is -0.489. The predicted octanol–water partition coefficient (Wildman–Crippen LogP) is 2.54. The van der Waals surface area contributed by atoms with Gasteiger partial charge < -0.3 is 9.64 Å². The topological polar surface area (TPSA) is 72.7 Å². The molecular weight excluding hydrogens is 272 g/mol. The first kappa shape index (κ1) is 15.4. The quantitative estimate of drug-likeness (QED) is 0.620. The normalized spacial score (nSPS) is 21.1. The molecule has 1 unspecified atom stereocenters. The van der Waals surface area contributed by atoms with Gasteiger partial charge in [0.2, 0.25) is 0 Å². The first-order valence-corrected chi connectivity index (χ1v) is 6.92. The van der Waals surface area contributed by atoms with Gasteiger partial charge in [0, 0.05) is 18.7 Å². The number of morpholine rings is 1. The Morgan fingerprint density at radius 2 is 2.14 bits per heavy atom. The number of hydrogen-bond donors (Lipinski definition) is 0. The highest BCUT2D eigenvalue weighted by Gasteiger charge is 2.36. The van der Waals surface area contributed by atoms with Crippen molar-refractivity contribution >= 4 is 11.6 Å². The molecule has 1 aromatic carbocycles. The molecule has 1 atom stereocenters. The molecular formula is C15H20N2O4. The Bertz CT molecular complexity index is 583. The van der Waals surface area contributed by atoms with Crippen molar-refractivity contribution in [3.8, 4) is 0 Å². The van der Waals surface area contributed by atoms with Crippen LogP contribution in [0.5, 0.6) is 0 Å². The van der Waals surface area contributed by atoms with Crippen molar-refractivity contribution in [2.75, 3.05) is 13.1 Å². The largest absolute Gasteiger partial charge is 0.369 e. The molecule has 1 fully saturated rings. The van der Waals surface area contributed by atoms with E-state index >= 15 is 0 Å². The van der Waals surface area contributed by atoms with Crippen molar-refractivity contribution in [1.82, 2.24) is 4.90 Å². The fourth-order valence-electron chi connectivity index (χ4n) is 2.85. The van der Waals surface area contributed by atoms with E-state index < -0.39 is 10.5 Å². The Morgan fingerprint density at radius 1 is 1.48 bits per heavy atom. The number of nitro groups is 1. The van der Waals surface area contributed by atoms with Gasteiger partial charge in [-0.05, 0) is 33.8 Å². The second-order valence-electron chi connectivity index (χ2n) is 6.10. The molecule has 1 aliphatic heterocycles. The van der Waals surface area contributed by atoms with Crippen LogP contribution in [0, 0.1) is 17.0 Å². The van der Waals surface area contributed by atoms with Gasteiger partial charge in [-0.2, -0.15) is 0 Å². The highest BCUT2D eigenvalue weighted by Crippen LogP contribution is 2.27. The van der Waals surface area contributed by atoms with Crippen molar-refractivity contribution in [1.29, 1.82) is 0 Å².